The van der Waals surface area contributed by atoms with Crippen molar-refractivity contribution in [1.82, 2.24) is 20.1 Å². The minimum Gasteiger partial charge on any atom is -0.441 e. The van der Waals surface area contributed by atoms with E-state index >= 15 is 0 Å². The molecule has 5 aromatic rings. The van der Waals surface area contributed by atoms with E-state index in [-0.39, 0.29) is 18.1 Å². The number of carbonyl (C=O) groups excluding carboxylic acids is 1. The maximum Gasteiger partial charge on any atom is 0.220 e. The van der Waals surface area contributed by atoms with E-state index in [1.165, 1.54) is 12.3 Å². The van der Waals surface area contributed by atoms with Crippen molar-refractivity contribution >= 4 is 5.91 Å². The first-order chi connectivity index (χ1) is 17.7. The van der Waals surface area contributed by atoms with Crippen LogP contribution in [-0.2, 0) is 24.3 Å². The summed E-state index contributed by atoms with van der Waals surface area (Å²) in [5.74, 6) is 0.237. The van der Waals surface area contributed by atoms with Crippen LogP contribution in [-0.4, -0.2) is 20.7 Å². The number of halogens is 1. The molecule has 0 saturated carbocycles. The van der Waals surface area contributed by atoms with E-state index in [2.05, 4.69) is 22.4 Å². The van der Waals surface area contributed by atoms with Crippen LogP contribution in [0.5, 0.6) is 0 Å². The molecule has 0 saturated heterocycles. The highest BCUT2D eigenvalue weighted by Gasteiger charge is 2.14. The van der Waals surface area contributed by atoms with Crippen LogP contribution in [0.25, 0.3) is 22.6 Å². The van der Waals surface area contributed by atoms with Gasteiger partial charge in [-0.15, -0.1) is 0 Å². The van der Waals surface area contributed by atoms with Gasteiger partial charge in [0.1, 0.15) is 5.82 Å². The van der Waals surface area contributed by atoms with Gasteiger partial charge in [0.15, 0.2) is 11.7 Å². The Balaban J connectivity index is 1.23. The van der Waals surface area contributed by atoms with Crippen molar-refractivity contribution in [3.8, 4) is 22.6 Å². The summed E-state index contributed by atoms with van der Waals surface area (Å²) < 4.78 is 21.5. The van der Waals surface area contributed by atoms with Crippen molar-refractivity contribution in [3.63, 3.8) is 0 Å². The van der Waals surface area contributed by atoms with E-state index in [0.29, 0.717) is 36.7 Å². The van der Waals surface area contributed by atoms with Gasteiger partial charge < -0.3 is 9.73 Å². The molecule has 7 heteroatoms. The first kappa shape index (κ1) is 23.2. The maximum atomic E-state index is 14.0. The van der Waals surface area contributed by atoms with Crippen LogP contribution in [0.15, 0.2) is 102 Å². The van der Waals surface area contributed by atoms with Gasteiger partial charge >= 0.3 is 0 Å². The average molecular weight is 481 g/mol. The van der Waals surface area contributed by atoms with Crippen molar-refractivity contribution in [3.05, 3.63) is 120 Å². The predicted molar refractivity (Wildman–Crippen MR) is 135 cm³/mol. The number of amides is 1. The Hall–Kier alpha value is -4.52. The molecule has 6 nitrogen and oxygen atoms in total. The molecule has 0 bridgehead atoms. The first-order valence-electron chi connectivity index (χ1n) is 11.8. The fourth-order valence-electron chi connectivity index (χ4n) is 4.00. The van der Waals surface area contributed by atoms with E-state index in [0.717, 1.165) is 22.4 Å². The summed E-state index contributed by atoms with van der Waals surface area (Å²) in [6, 6.07) is 26.4. The van der Waals surface area contributed by atoms with Crippen LogP contribution in [0.4, 0.5) is 4.39 Å². The number of nitrogens with zero attached hydrogens (tertiary/aromatic N) is 3. The molecule has 5 rings (SSSR count). The molecular weight excluding hydrogens is 455 g/mol. The molecule has 3 aromatic carbocycles. The highest BCUT2D eigenvalue weighted by atomic mass is 19.1. The normalized spacial score (nSPS) is 10.9. The topological polar surface area (TPSA) is 73.0 Å². The number of carbonyl (C=O) groups is 1. The van der Waals surface area contributed by atoms with E-state index in [1.807, 2.05) is 59.4 Å². The molecule has 0 fully saturated rings. The van der Waals surface area contributed by atoms with Gasteiger partial charge in [0.2, 0.25) is 5.91 Å². The molecule has 0 unspecified atom stereocenters. The third-order valence-corrected chi connectivity index (χ3v) is 5.81. The second-order valence-corrected chi connectivity index (χ2v) is 8.43. The summed E-state index contributed by atoms with van der Waals surface area (Å²) in [6.07, 6.45) is 3.98. The molecule has 1 N–H and O–H groups in total. The molecule has 2 aromatic heterocycles. The summed E-state index contributed by atoms with van der Waals surface area (Å²) in [6.45, 7) is 0.993. The van der Waals surface area contributed by atoms with Crippen LogP contribution in [0.1, 0.15) is 23.4 Å². The fourth-order valence-corrected chi connectivity index (χ4v) is 4.00. The summed E-state index contributed by atoms with van der Waals surface area (Å²) in [7, 11) is 0. The van der Waals surface area contributed by atoms with Gasteiger partial charge in [-0.2, -0.15) is 5.10 Å². The third-order valence-electron chi connectivity index (χ3n) is 5.81. The molecule has 0 spiro atoms. The lowest BCUT2D eigenvalue weighted by atomic mass is 10.1. The quantitative estimate of drug-likeness (QED) is 0.296. The van der Waals surface area contributed by atoms with Gasteiger partial charge in [0.25, 0.3) is 0 Å². The van der Waals surface area contributed by atoms with Gasteiger partial charge in [-0.1, -0.05) is 72.8 Å². The van der Waals surface area contributed by atoms with Gasteiger partial charge in [0.05, 0.1) is 24.0 Å². The number of aromatic nitrogens is 3. The Morgan fingerprint density at radius 3 is 2.44 bits per heavy atom. The van der Waals surface area contributed by atoms with Gasteiger partial charge in [0, 0.05) is 36.7 Å². The number of hydrogen-bond donors (Lipinski definition) is 1. The highest BCUT2D eigenvalue weighted by molar-refractivity contribution is 5.76. The second-order valence-electron chi connectivity index (χ2n) is 8.43. The van der Waals surface area contributed by atoms with Crippen molar-refractivity contribution in [2.45, 2.75) is 25.9 Å². The molecule has 180 valence electrons. The standard InChI is InChI=1S/C29H25FN4O2/c30-25-14-8-7-13-24(25)26-18-32-28(36-26)16-15-27(35)31-17-23-20-34(19-21-9-3-1-4-10-21)33-29(23)22-11-5-2-6-12-22/h1-14,18,20H,15-17,19H2,(H,31,35). The number of aryl methyl sites for hydroxylation is 1. The molecule has 0 aliphatic rings. The van der Waals surface area contributed by atoms with Gasteiger partial charge in [-0.25, -0.2) is 9.37 Å². The summed E-state index contributed by atoms with van der Waals surface area (Å²) in [5, 5.41) is 7.78. The SMILES string of the molecule is O=C(CCc1ncc(-c2ccccc2F)o1)NCc1cn(Cc2ccccc2)nc1-c1ccccc1. The third kappa shape index (κ3) is 5.58. The zero-order chi connectivity index (χ0) is 24.7. The summed E-state index contributed by atoms with van der Waals surface area (Å²) in [4.78, 5) is 16.8. The van der Waals surface area contributed by atoms with Gasteiger partial charge in [-0.3, -0.25) is 9.48 Å². The van der Waals surface area contributed by atoms with Crippen molar-refractivity contribution in [1.29, 1.82) is 0 Å². The van der Waals surface area contributed by atoms with E-state index in [4.69, 9.17) is 9.52 Å². The van der Waals surface area contributed by atoms with Crippen molar-refractivity contribution < 1.29 is 13.6 Å². The highest BCUT2D eigenvalue weighted by Crippen LogP contribution is 2.24. The summed E-state index contributed by atoms with van der Waals surface area (Å²) in [5.41, 5.74) is 4.27. The average Bonchev–Trinajstić information content (AvgIpc) is 3.55. The molecule has 0 radical (unpaired) electrons. The Labute approximate surface area is 208 Å². The van der Waals surface area contributed by atoms with Crippen LogP contribution in [0.3, 0.4) is 0 Å². The lowest BCUT2D eigenvalue weighted by molar-refractivity contribution is -0.121. The van der Waals surface area contributed by atoms with Crippen LogP contribution in [0.2, 0.25) is 0 Å². The molecule has 2 heterocycles. The predicted octanol–water partition coefficient (Wildman–Crippen LogP) is 5.64. The van der Waals surface area contributed by atoms with E-state index in [1.54, 1.807) is 18.2 Å². The number of oxazole rings is 1. The van der Waals surface area contributed by atoms with Crippen LogP contribution in [0, 0.1) is 5.82 Å². The van der Waals surface area contributed by atoms with Crippen LogP contribution >= 0.6 is 0 Å². The maximum absolute atomic E-state index is 14.0. The Morgan fingerprint density at radius 2 is 1.67 bits per heavy atom. The molecule has 0 aliphatic heterocycles. The number of hydrogen-bond acceptors (Lipinski definition) is 4. The monoisotopic (exact) mass is 480 g/mol. The number of nitrogens with one attached hydrogen (secondary N) is 1. The summed E-state index contributed by atoms with van der Waals surface area (Å²) >= 11 is 0. The van der Waals surface area contributed by atoms with Crippen molar-refractivity contribution in [2.75, 3.05) is 0 Å². The molecular formula is C29H25FN4O2. The Morgan fingerprint density at radius 1 is 0.944 bits per heavy atom. The first-order valence-corrected chi connectivity index (χ1v) is 11.8. The smallest absolute Gasteiger partial charge is 0.220 e. The van der Waals surface area contributed by atoms with Crippen molar-refractivity contribution in [2.24, 2.45) is 0 Å². The second kappa shape index (κ2) is 10.8. The van der Waals surface area contributed by atoms with Gasteiger partial charge in [-0.05, 0) is 17.7 Å². The minimum absolute atomic E-state index is 0.129. The van der Waals surface area contributed by atoms with Crippen LogP contribution < -0.4 is 5.32 Å². The molecule has 0 atom stereocenters. The molecule has 36 heavy (non-hydrogen) atoms. The van der Waals surface area contributed by atoms with E-state index in [9.17, 15) is 9.18 Å². The number of benzene rings is 3. The Kier molecular flexibility index (Phi) is 6.98. The fraction of sp³-hybridized carbons (Fsp3) is 0.138. The lowest BCUT2D eigenvalue weighted by Gasteiger charge is -2.05. The number of rotatable bonds is 9. The van der Waals surface area contributed by atoms with E-state index < -0.39 is 0 Å². The Bertz CT molecular complexity index is 1440. The lowest BCUT2D eigenvalue weighted by Crippen LogP contribution is -2.23. The zero-order valence-electron chi connectivity index (χ0n) is 19.6. The minimum atomic E-state index is -0.375. The zero-order valence-corrected chi connectivity index (χ0v) is 19.6. The molecule has 0 aliphatic carbocycles. The molecule has 1 amide bonds. The largest absolute Gasteiger partial charge is 0.441 e.